The van der Waals surface area contributed by atoms with Crippen LogP contribution in [0.3, 0.4) is 0 Å². The first-order valence-electron chi connectivity index (χ1n) is 16.0. The molecule has 0 radical (unpaired) electrons. The van der Waals surface area contributed by atoms with Gasteiger partial charge in [-0.25, -0.2) is 0 Å². The van der Waals surface area contributed by atoms with E-state index in [4.69, 9.17) is 9.39 Å². The number of rotatable bonds is 9. The van der Waals surface area contributed by atoms with Crippen LogP contribution in [0.2, 0.25) is 23.3 Å². The summed E-state index contributed by atoms with van der Waals surface area (Å²) in [7, 11) is 0. The first-order chi connectivity index (χ1) is 17.9. The van der Waals surface area contributed by atoms with Crippen LogP contribution in [0.25, 0.3) is 0 Å². The van der Waals surface area contributed by atoms with Crippen molar-refractivity contribution in [2.24, 2.45) is 0 Å². The maximum Gasteiger partial charge on any atom is 0.368 e. The monoisotopic (exact) mass is 488 g/mol. The predicted octanol–water partition coefficient (Wildman–Crippen LogP) is 10.3. The molecule has 0 N–H and O–H groups in total. The third-order valence-electron chi connectivity index (χ3n) is 10.2. The van der Waals surface area contributed by atoms with Gasteiger partial charge in [0.1, 0.15) is 5.75 Å². The Hall–Kier alpha value is -1.31. The Balaban J connectivity index is 1.44. The Bertz CT molecular complexity index is 737. The molecule has 0 amide bonds. The van der Waals surface area contributed by atoms with Crippen LogP contribution in [0.1, 0.15) is 128 Å². The van der Waals surface area contributed by atoms with Gasteiger partial charge in [-0.05, 0) is 29.7 Å². The summed E-state index contributed by atoms with van der Waals surface area (Å²) in [6, 6.07) is 10.5. The second-order valence-electron chi connectivity index (χ2n) is 12.7. The molecule has 36 heavy (non-hydrogen) atoms. The highest BCUT2D eigenvalue weighted by atomic mass is 16.7. The molecule has 0 bridgehead atoms. The highest BCUT2D eigenvalue weighted by molar-refractivity contribution is 6.67. The van der Waals surface area contributed by atoms with E-state index in [1.165, 1.54) is 128 Å². The van der Waals surface area contributed by atoms with E-state index in [1.54, 1.807) is 0 Å². The summed E-state index contributed by atoms with van der Waals surface area (Å²) in [4.78, 5) is 0. The normalized spacial score (nSPS) is 23.8. The van der Waals surface area contributed by atoms with Gasteiger partial charge in [-0.15, -0.1) is 0 Å². The summed E-state index contributed by atoms with van der Waals surface area (Å²) in [6.07, 6.45) is 27.7. The second kappa shape index (κ2) is 14.0. The van der Waals surface area contributed by atoms with Crippen molar-refractivity contribution < 1.29 is 9.39 Å². The van der Waals surface area contributed by atoms with E-state index >= 15 is 0 Å². The summed E-state index contributed by atoms with van der Waals surface area (Å²) in [5.41, 5.74) is 0. The van der Waals surface area contributed by atoms with Crippen molar-refractivity contribution in [2.45, 2.75) is 152 Å². The van der Waals surface area contributed by atoms with Gasteiger partial charge in [-0.2, -0.15) is 0 Å². The van der Waals surface area contributed by atoms with Crippen molar-refractivity contribution >= 4 is 13.6 Å². The van der Waals surface area contributed by atoms with Gasteiger partial charge in [0, 0.05) is 0 Å². The maximum absolute atomic E-state index is 7.18. The third kappa shape index (κ3) is 7.38. The molecule has 1 aromatic rings. The van der Waals surface area contributed by atoms with Gasteiger partial charge in [0.2, 0.25) is 0 Å². The van der Waals surface area contributed by atoms with E-state index in [-0.39, 0.29) is 0 Å². The van der Waals surface area contributed by atoms with Crippen molar-refractivity contribution in [3.63, 3.8) is 0 Å². The Labute approximate surface area is 222 Å². The molecule has 5 rings (SSSR count). The zero-order valence-corrected chi connectivity index (χ0v) is 22.9. The van der Waals surface area contributed by atoms with E-state index in [0.29, 0.717) is 25.3 Å². The standard InChI is InChI=1S/C32H50B2O2/c1-6-16-27(17-7-1)33(28-18-8-2-9-19-28)26-32(35-31-24-14-5-15-25-31)36-34(29-20-10-3-11-21-29)30-22-12-4-13-23-30/h5,14-15,24-30H,1-4,6-13,16-23H2/b32-26-. The molecule has 4 heteroatoms. The van der Waals surface area contributed by atoms with Gasteiger partial charge in [-0.3, -0.25) is 0 Å². The molecule has 196 valence electrons. The fraction of sp³-hybridized carbons (Fsp3) is 0.750. The summed E-state index contributed by atoms with van der Waals surface area (Å²) in [6.45, 7) is 0.946. The molecule has 0 spiro atoms. The molecule has 4 fully saturated rings. The largest absolute Gasteiger partial charge is 0.536 e. The van der Waals surface area contributed by atoms with Crippen LogP contribution in [0.5, 0.6) is 5.75 Å². The smallest absolute Gasteiger partial charge is 0.368 e. The van der Waals surface area contributed by atoms with E-state index < -0.39 is 0 Å². The van der Waals surface area contributed by atoms with Gasteiger partial charge in [0.25, 0.3) is 5.95 Å². The van der Waals surface area contributed by atoms with Crippen molar-refractivity contribution in [3.05, 3.63) is 42.3 Å². The van der Waals surface area contributed by atoms with E-state index in [9.17, 15) is 0 Å². The molecular formula is C32H50B2O2. The summed E-state index contributed by atoms with van der Waals surface area (Å²) in [5, 5.41) is 0. The summed E-state index contributed by atoms with van der Waals surface area (Å²) in [5.74, 6) is 7.33. The van der Waals surface area contributed by atoms with Crippen LogP contribution >= 0.6 is 0 Å². The van der Waals surface area contributed by atoms with Gasteiger partial charge in [0.05, 0.1) is 0 Å². The van der Waals surface area contributed by atoms with Crippen LogP contribution in [-0.4, -0.2) is 13.6 Å². The molecule has 0 unspecified atom stereocenters. The highest BCUT2D eigenvalue weighted by Gasteiger charge is 2.40. The molecule has 0 aliphatic heterocycles. The van der Waals surface area contributed by atoms with Crippen LogP contribution in [0.15, 0.2) is 42.3 Å². The Morgan fingerprint density at radius 1 is 0.556 bits per heavy atom. The van der Waals surface area contributed by atoms with Crippen molar-refractivity contribution in [2.75, 3.05) is 0 Å². The van der Waals surface area contributed by atoms with Crippen molar-refractivity contribution in [3.8, 4) is 5.75 Å². The zero-order chi connectivity index (χ0) is 24.4. The molecule has 1 aromatic carbocycles. The van der Waals surface area contributed by atoms with Crippen LogP contribution in [-0.2, 0) is 4.65 Å². The fourth-order valence-electron chi connectivity index (χ4n) is 8.19. The minimum absolute atomic E-state index is 0.332. The quantitative estimate of drug-likeness (QED) is 0.254. The number of hydrogen-bond donors (Lipinski definition) is 0. The molecule has 2 nitrogen and oxygen atoms in total. The van der Waals surface area contributed by atoms with Gasteiger partial charge < -0.3 is 9.39 Å². The molecular weight excluding hydrogens is 438 g/mol. The highest BCUT2D eigenvalue weighted by Crippen LogP contribution is 2.45. The number of hydrogen-bond acceptors (Lipinski definition) is 2. The SMILES string of the molecule is C(/B(C1CCCCC1)C1CCCCC1)=C(/OB(C1CCCCC1)C1CCCCC1)Oc1ccccc1. The van der Waals surface area contributed by atoms with Crippen LogP contribution < -0.4 is 4.74 Å². The van der Waals surface area contributed by atoms with Crippen LogP contribution in [0, 0.1) is 0 Å². The number of benzene rings is 1. The van der Waals surface area contributed by atoms with Gasteiger partial charge >= 0.3 is 6.92 Å². The molecule has 0 atom stereocenters. The maximum atomic E-state index is 7.18. The molecule has 4 aliphatic rings. The van der Waals surface area contributed by atoms with Crippen LogP contribution in [0.4, 0.5) is 0 Å². The number of ether oxygens (including phenoxy) is 1. The van der Waals surface area contributed by atoms with E-state index in [2.05, 4.69) is 36.3 Å². The molecule has 0 aromatic heterocycles. The number of para-hydroxylation sites is 1. The lowest BCUT2D eigenvalue weighted by Gasteiger charge is -2.36. The van der Waals surface area contributed by atoms with E-state index in [1.807, 2.05) is 0 Å². The second-order valence-corrected chi connectivity index (χ2v) is 12.7. The summed E-state index contributed by atoms with van der Waals surface area (Å²) < 4.78 is 13.9. The molecule has 0 saturated heterocycles. The lowest BCUT2D eigenvalue weighted by Crippen LogP contribution is -2.35. The molecule has 4 saturated carbocycles. The predicted molar refractivity (Wildman–Crippen MR) is 155 cm³/mol. The van der Waals surface area contributed by atoms with Crippen molar-refractivity contribution in [1.29, 1.82) is 0 Å². The topological polar surface area (TPSA) is 18.5 Å². The zero-order valence-electron chi connectivity index (χ0n) is 22.9. The van der Waals surface area contributed by atoms with Crippen molar-refractivity contribution in [1.82, 2.24) is 0 Å². The molecule has 0 heterocycles. The average molecular weight is 488 g/mol. The fourth-order valence-corrected chi connectivity index (χ4v) is 8.19. The van der Waals surface area contributed by atoms with Gasteiger partial charge in [-0.1, -0.05) is 158 Å². The Morgan fingerprint density at radius 2 is 0.972 bits per heavy atom. The average Bonchev–Trinajstić information content (AvgIpc) is 2.97. The van der Waals surface area contributed by atoms with E-state index in [0.717, 1.165) is 23.3 Å². The first-order valence-corrected chi connectivity index (χ1v) is 16.0. The lowest BCUT2D eigenvalue weighted by molar-refractivity contribution is 0.212. The third-order valence-corrected chi connectivity index (χ3v) is 10.2. The first kappa shape index (κ1) is 26.3. The Kier molecular flexibility index (Phi) is 10.2. The minimum atomic E-state index is 0.332. The summed E-state index contributed by atoms with van der Waals surface area (Å²) >= 11 is 0. The Morgan fingerprint density at radius 3 is 1.42 bits per heavy atom. The van der Waals surface area contributed by atoms with Gasteiger partial charge in [0.15, 0.2) is 6.71 Å². The lowest BCUT2D eigenvalue weighted by atomic mass is 9.30. The molecule has 4 aliphatic carbocycles. The minimum Gasteiger partial charge on any atom is -0.536 e.